The second-order valence-corrected chi connectivity index (χ2v) is 6.03. The minimum absolute atomic E-state index is 0.0996. The molecule has 0 saturated carbocycles. The van der Waals surface area contributed by atoms with Crippen molar-refractivity contribution < 1.29 is 19.1 Å². The number of rotatable bonds is 6. The van der Waals surface area contributed by atoms with Gasteiger partial charge in [-0.15, -0.1) is 0 Å². The molecule has 2 rings (SSSR count). The van der Waals surface area contributed by atoms with Crippen LogP contribution in [0.3, 0.4) is 0 Å². The number of nitrogens with one attached hydrogen (secondary N) is 1. The number of carboxylic acid groups (broad SMARTS) is 1. The summed E-state index contributed by atoms with van der Waals surface area (Å²) in [5.41, 5.74) is 1.73. The fraction of sp³-hybridized carbons (Fsp3) is 0.412. The van der Waals surface area contributed by atoms with Crippen molar-refractivity contribution >= 4 is 22.8 Å². The summed E-state index contributed by atoms with van der Waals surface area (Å²) in [6, 6.07) is 7.35. The smallest absolute Gasteiger partial charge is 0.308 e. The van der Waals surface area contributed by atoms with E-state index in [0.717, 1.165) is 10.9 Å². The highest BCUT2D eigenvalue weighted by Crippen LogP contribution is 2.20. The molecule has 5 heteroatoms. The molecule has 1 atom stereocenters. The molecule has 0 radical (unpaired) electrons. The van der Waals surface area contributed by atoms with Crippen molar-refractivity contribution in [1.82, 2.24) is 5.32 Å². The van der Waals surface area contributed by atoms with E-state index >= 15 is 0 Å². The van der Waals surface area contributed by atoms with Gasteiger partial charge in [0, 0.05) is 11.9 Å². The van der Waals surface area contributed by atoms with Gasteiger partial charge in [0.15, 0.2) is 5.76 Å². The Bertz CT molecular complexity index is 687. The SMILES string of the molecule is Cc1ccc2oc(C(=O)NCC(CC(C)C)C(=O)O)cc2c1. The lowest BCUT2D eigenvalue weighted by Gasteiger charge is -2.14. The zero-order valence-electron chi connectivity index (χ0n) is 13.1. The first-order valence-corrected chi connectivity index (χ1v) is 7.38. The first-order valence-electron chi connectivity index (χ1n) is 7.38. The van der Waals surface area contributed by atoms with Gasteiger partial charge in [-0.25, -0.2) is 0 Å². The predicted molar refractivity (Wildman–Crippen MR) is 83.9 cm³/mol. The fourth-order valence-corrected chi connectivity index (χ4v) is 2.42. The number of hydrogen-bond donors (Lipinski definition) is 2. The van der Waals surface area contributed by atoms with E-state index in [2.05, 4.69) is 5.32 Å². The van der Waals surface area contributed by atoms with Gasteiger partial charge < -0.3 is 14.8 Å². The van der Waals surface area contributed by atoms with Crippen LogP contribution in [0.4, 0.5) is 0 Å². The number of amides is 1. The minimum atomic E-state index is -0.894. The largest absolute Gasteiger partial charge is 0.481 e. The Balaban J connectivity index is 2.05. The molecule has 118 valence electrons. The van der Waals surface area contributed by atoms with Crippen LogP contribution in [0.2, 0.25) is 0 Å². The number of hydrogen-bond acceptors (Lipinski definition) is 3. The van der Waals surface area contributed by atoms with Crippen LogP contribution in [0.5, 0.6) is 0 Å². The molecule has 0 spiro atoms. The molecule has 1 unspecified atom stereocenters. The Labute approximate surface area is 129 Å². The number of aryl methyl sites for hydroxylation is 1. The molecule has 1 heterocycles. The number of aliphatic carboxylic acids is 1. The number of carboxylic acids is 1. The van der Waals surface area contributed by atoms with Crippen molar-refractivity contribution in [3.8, 4) is 0 Å². The Morgan fingerprint density at radius 3 is 2.64 bits per heavy atom. The molecule has 1 aromatic carbocycles. The van der Waals surface area contributed by atoms with Gasteiger partial charge in [0.25, 0.3) is 5.91 Å². The lowest BCUT2D eigenvalue weighted by molar-refractivity contribution is -0.142. The summed E-state index contributed by atoms with van der Waals surface area (Å²) < 4.78 is 5.50. The summed E-state index contributed by atoms with van der Waals surface area (Å²) in [7, 11) is 0. The molecular formula is C17H21NO4. The topological polar surface area (TPSA) is 79.5 Å². The predicted octanol–water partition coefficient (Wildman–Crippen LogP) is 3.22. The third-order valence-corrected chi connectivity index (χ3v) is 3.51. The van der Waals surface area contributed by atoms with E-state index in [0.29, 0.717) is 12.0 Å². The maximum absolute atomic E-state index is 12.1. The fourth-order valence-electron chi connectivity index (χ4n) is 2.42. The summed E-state index contributed by atoms with van der Waals surface area (Å²) in [4.78, 5) is 23.3. The number of carbonyl (C=O) groups excluding carboxylic acids is 1. The zero-order valence-corrected chi connectivity index (χ0v) is 13.1. The van der Waals surface area contributed by atoms with Crippen molar-refractivity contribution in [2.45, 2.75) is 27.2 Å². The molecule has 0 aliphatic carbocycles. The van der Waals surface area contributed by atoms with Gasteiger partial charge in [0.2, 0.25) is 0 Å². The van der Waals surface area contributed by atoms with Crippen molar-refractivity contribution in [3.05, 3.63) is 35.6 Å². The van der Waals surface area contributed by atoms with Crippen LogP contribution in [-0.4, -0.2) is 23.5 Å². The third kappa shape index (κ3) is 3.87. The van der Waals surface area contributed by atoms with Gasteiger partial charge >= 0.3 is 5.97 Å². The quantitative estimate of drug-likeness (QED) is 0.858. The first-order chi connectivity index (χ1) is 10.4. The van der Waals surface area contributed by atoms with Crippen LogP contribution < -0.4 is 5.32 Å². The first kappa shape index (κ1) is 16.1. The second kappa shape index (κ2) is 6.64. The molecule has 0 bridgehead atoms. The highest BCUT2D eigenvalue weighted by molar-refractivity contribution is 5.96. The maximum atomic E-state index is 12.1. The number of fused-ring (bicyclic) bond motifs is 1. The van der Waals surface area contributed by atoms with Gasteiger partial charge in [-0.05, 0) is 37.5 Å². The van der Waals surface area contributed by atoms with E-state index in [4.69, 9.17) is 4.42 Å². The van der Waals surface area contributed by atoms with E-state index in [-0.39, 0.29) is 24.1 Å². The highest BCUT2D eigenvalue weighted by Gasteiger charge is 2.21. The van der Waals surface area contributed by atoms with Crippen LogP contribution in [-0.2, 0) is 4.79 Å². The van der Waals surface area contributed by atoms with Crippen LogP contribution >= 0.6 is 0 Å². The lowest BCUT2D eigenvalue weighted by Crippen LogP contribution is -2.33. The summed E-state index contributed by atoms with van der Waals surface area (Å²) in [5.74, 6) is -1.41. The number of furan rings is 1. The van der Waals surface area contributed by atoms with Gasteiger partial charge in [-0.1, -0.05) is 25.5 Å². The van der Waals surface area contributed by atoms with Crippen LogP contribution in [0.1, 0.15) is 36.4 Å². The van der Waals surface area contributed by atoms with Crippen molar-refractivity contribution in [2.75, 3.05) is 6.54 Å². The maximum Gasteiger partial charge on any atom is 0.308 e. The molecule has 1 aromatic heterocycles. The Kier molecular flexibility index (Phi) is 4.85. The Morgan fingerprint density at radius 1 is 1.27 bits per heavy atom. The number of benzene rings is 1. The van der Waals surface area contributed by atoms with E-state index in [1.165, 1.54) is 0 Å². The Hall–Kier alpha value is -2.30. The van der Waals surface area contributed by atoms with E-state index < -0.39 is 11.9 Å². The zero-order chi connectivity index (χ0) is 16.3. The molecule has 0 aliphatic rings. The van der Waals surface area contributed by atoms with Crippen LogP contribution in [0, 0.1) is 18.8 Å². The van der Waals surface area contributed by atoms with Crippen LogP contribution in [0.25, 0.3) is 11.0 Å². The average molecular weight is 303 g/mol. The monoisotopic (exact) mass is 303 g/mol. The highest BCUT2D eigenvalue weighted by atomic mass is 16.4. The molecule has 0 saturated heterocycles. The molecule has 22 heavy (non-hydrogen) atoms. The van der Waals surface area contributed by atoms with Crippen LogP contribution in [0.15, 0.2) is 28.7 Å². The van der Waals surface area contributed by atoms with Gasteiger partial charge in [-0.3, -0.25) is 9.59 Å². The van der Waals surface area contributed by atoms with Gasteiger partial charge in [0.05, 0.1) is 5.92 Å². The normalized spacial score (nSPS) is 12.5. The standard InChI is InChI=1S/C17H21NO4/c1-10(2)6-13(17(20)21)9-18-16(19)15-8-12-7-11(3)4-5-14(12)22-15/h4-5,7-8,10,13H,6,9H2,1-3H3,(H,18,19)(H,20,21). The summed E-state index contributed by atoms with van der Waals surface area (Å²) >= 11 is 0. The van der Waals surface area contributed by atoms with Crippen molar-refractivity contribution in [3.63, 3.8) is 0 Å². The lowest BCUT2D eigenvalue weighted by atomic mass is 9.97. The molecule has 0 aliphatic heterocycles. The van der Waals surface area contributed by atoms with E-state index in [1.807, 2.05) is 39.0 Å². The number of carbonyl (C=O) groups is 2. The minimum Gasteiger partial charge on any atom is -0.481 e. The van der Waals surface area contributed by atoms with E-state index in [9.17, 15) is 14.7 Å². The molecule has 5 nitrogen and oxygen atoms in total. The van der Waals surface area contributed by atoms with Gasteiger partial charge in [0.1, 0.15) is 5.58 Å². The summed E-state index contributed by atoms with van der Waals surface area (Å²) in [5, 5.41) is 12.7. The molecule has 2 N–H and O–H groups in total. The average Bonchev–Trinajstić information content (AvgIpc) is 2.85. The molecular weight excluding hydrogens is 282 g/mol. The Morgan fingerprint density at radius 2 is 2.00 bits per heavy atom. The third-order valence-electron chi connectivity index (χ3n) is 3.51. The molecule has 2 aromatic rings. The molecule has 0 fully saturated rings. The van der Waals surface area contributed by atoms with Crippen molar-refractivity contribution in [1.29, 1.82) is 0 Å². The van der Waals surface area contributed by atoms with E-state index in [1.54, 1.807) is 6.07 Å². The summed E-state index contributed by atoms with van der Waals surface area (Å²) in [6.07, 6.45) is 0.523. The molecule has 1 amide bonds. The van der Waals surface area contributed by atoms with Crippen molar-refractivity contribution in [2.24, 2.45) is 11.8 Å². The second-order valence-electron chi connectivity index (χ2n) is 6.03. The summed E-state index contributed by atoms with van der Waals surface area (Å²) in [6.45, 7) is 5.98. The van der Waals surface area contributed by atoms with Gasteiger partial charge in [-0.2, -0.15) is 0 Å².